The molecule has 2 aromatic heterocycles. The average Bonchev–Trinajstić information content (AvgIpc) is 3.92. The lowest BCUT2D eigenvalue weighted by atomic mass is 9.88. The van der Waals surface area contributed by atoms with E-state index in [1.165, 1.54) is 46.5 Å². The molecule has 0 radical (unpaired) electrons. The Labute approximate surface area is 402 Å². The summed E-state index contributed by atoms with van der Waals surface area (Å²) >= 11 is 0. The van der Waals surface area contributed by atoms with Crippen LogP contribution in [0.5, 0.6) is 11.5 Å². The van der Waals surface area contributed by atoms with Crippen molar-refractivity contribution >= 4 is 44.6 Å². The maximum atomic E-state index is 14.4. The van der Waals surface area contributed by atoms with Crippen LogP contribution >= 0.6 is 0 Å². The predicted molar refractivity (Wildman–Crippen MR) is 281 cm³/mol. The summed E-state index contributed by atoms with van der Waals surface area (Å²) < 4.78 is 38.2. The maximum Gasteiger partial charge on any atom is 0.137 e. The molecule has 1 aliphatic rings. The quantitative estimate of drug-likeness (QED) is 0.137. The van der Waals surface area contributed by atoms with E-state index in [1.54, 1.807) is 0 Å². The zero-order chi connectivity index (χ0) is 47.4. The summed E-state index contributed by atoms with van der Waals surface area (Å²) in [4.78, 5) is 9.59. The minimum atomic E-state index is -0.299. The van der Waals surface area contributed by atoms with Gasteiger partial charge < -0.3 is 14.5 Å². The fourth-order valence-corrected chi connectivity index (χ4v) is 10.1. The Hall–Kier alpha value is -8.03. The Bertz CT molecular complexity index is 3470. The molecule has 0 fully saturated rings. The van der Waals surface area contributed by atoms with Crippen LogP contribution in [-0.2, 0) is 18.3 Å². The van der Waals surface area contributed by atoms with Crippen molar-refractivity contribution in [1.82, 2.24) is 9.55 Å². The van der Waals surface area contributed by atoms with Gasteiger partial charge in [-0.2, -0.15) is 0 Å². The molecule has 8 aromatic carbocycles. The highest BCUT2D eigenvalue weighted by Gasteiger charge is 2.32. The number of fused-ring (bicyclic) bond motifs is 4. The first-order valence-electron chi connectivity index (χ1n) is 23.8. The molecule has 69 heavy (non-hydrogen) atoms. The minimum Gasteiger partial charge on any atom is -0.457 e. The van der Waals surface area contributed by atoms with Crippen LogP contribution in [0, 0.1) is 11.6 Å². The Morgan fingerprint density at radius 1 is 0.536 bits per heavy atom. The molecule has 0 saturated heterocycles. The van der Waals surface area contributed by atoms with Crippen LogP contribution in [0.1, 0.15) is 51.3 Å². The number of pyridine rings is 1. The molecule has 5 nitrogen and oxygen atoms in total. The van der Waals surface area contributed by atoms with Gasteiger partial charge in [-0.1, -0.05) is 126 Å². The monoisotopic (exact) mass is 906 g/mol. The summed E-state index contributed by atoms with van der Waals surface area (Å²) in [6.07, 6.45) is 3.66. The molecule has 340 valence electrons. The molecule has 7 heteroatoms. The molecule has 0 bridgehead atoms. The van der Waals surface area contributed by atoms with Crippen LogP contribution in [0.25, 0.3) is 61.0 Å². The van der Waals surface area contributed by atoms with Crippen molar-refractivity contribution in [2.45, 2.75) is 52.9 Å². The predicted octanol–water partition coefficient (Wildman–Crippen LogP) is 16.9. The van der Waals surface area contributed by atoms with Crippen molar-refractivity contribution in [3.05, 3.63) is 217 Å². The topological polar surface area (TPSA) is 33.5 Å². The second-order valence-electron chi connectivity index (χ2n) is 18.9. The Morgan fingerprint density at radius 2 is 1.14 bits per heavy atom. The highest BCUT2D eigenvalue weighted by atomic mass is 19.1. The van der Waals surface area contributed by atoms with Gasteiger partial charge in [0.15, 0.2) is 0 Å². The van der Waals surface area contributed by atoms with E-state index in [0.29, 0.717) is 18.2 Å². The van der Waals surface area contributed by atoms with E-state index in [-0.39, 0.29) is 17.0 Å². The van der Waals surface area contributed by atoms with Gasteiger partial charge >= 0.3 is 0 Å². The van der Waals surface area contributed by atoms with Crippen LogP contribution in [0.4, 0.5) is 31.5 Å². The first kappa shape index (κ1) is 43.5. The lowest BCUT2D eigenvalue weighted by Gasteiger charge is -2.27. The van der Waals surface area contributed by atoms with Crippen molar-refractivity contribution < 1.29 is 13.5 Å². The van der Waals surface area contributed by atoms with Gasteiger partial charge in [0.25, 0.3) is 0 Å². The molecular weight excluding hydrogens is 855 g/mol. The number of aromatic nitrogens is 2. The number of rotatable bonds is 10. The first-order valence-corrected chi connectivity index (χ1v) is 23.8. The molecular formula is C62H52F2N4O. The second kappa shape index (κ2) is 17.6. The van der Waals surface area contributed by atoms with E-state index >= 15 is 0 Å². The van der Waals surface area contributed by atoms with Gasteiger partial charge in [-0.3, -0.25) is 4.57 Å². The van der Waals surface area contributed by atoms with E-state index in [2.05, 4.69) is 176 Å². The van der Waals surface area contributed by atoms with Crippen molar-refractivity contribution in [1.29, 1.82) is 0 Å². The number of hydrogen-bond acceptors (Lipinski definition) is 4. The molecule has 0 amide bonds. The smallest absolute Gasteiger partial charge is 0.137 e. The van der Waals surface area contributed by atoms with Crippen LogP contribution in [-0.4, -0.2) is 16.2 Å². The van der Waals surface area contributed by atoms with Crippen molar-refractivity contribution in [2.75, 3.05) is 16.5 Å². The molecule has 10 aromatic rings. The molecule has 0 N–H and O–H groups in total. The lowest BCUT2D eigenvalue weighted by Crippen LogP contribution is -2.25. The average molecular weight is 907 g/mol. The second-order valence-corrected chi connectivity index (χ2v) is 18.9. The fourth-order valence-electron chi connectivity index (χ4n) is 10.1. The van der Waals surface area contributed by atoms with Gasteiger partial charge in [0, 0.05) is 45.9 Å². The van der Waals surface area contributed by atoms with Gasteiger partial charge in [-0.25, -0.2) is 13.8 Å². The molecule has 0 atom stereocenters. The van der Waals surface area contributed by atoms with E-state index in [1.807, 2.05) is 36.5 Å². The SMILES string of the molecule is CCc1cccc(CC)c1-c1cc(Oc2ccc3c4ccccc4n(-c4cc(C(C)(C)C)ccn4)c3c2)cc(N2CN(c3c(-c4ccc(F)cc4)cccc3-c3ccc(F)cc3)c3ccccc32)c1. The summed E-state index contributed by atoms with van der Waals surface area (Å²) in [5.74, 6) is 1.68. The maximum absolute atomic E-state index is 14.4. The molecule has 0 unspecified atom stereocenters. The number of para-hydroxylation sites is 4. The number of anilines is 4. The molecule has 0 aliphatic carbocycles. The Balaban J connectivity index is 1.08. The van der Waals surface area contributed by atoms with Gasteiger partial charge in [-0.05, 0) is 136 Å². The van der Waals surface area contributed by atoms with Crippen molar-refractivity contribution in [3.63, 3.8) is 0 Å². The standard InChI is InChI=1S/C62H52F2N4O/c1-6-40-14-12-15-41(7-2)60(40)44-34-48(37-50(35-44)69-49-30-31-54-53-16-8-9-19-55(53)68(58(54)38-49)59-36-45(32-33-65-59)62(3,4)5)66-39-67(57-21-11-10-20-56(57)66)61-51(42-22-26-46(63)27-23-42)17-13-18-52(61)43-24-28-47(64)29-25-43/h8-38H,6-7,39H2,1-5H3. The normalized spacial score (nSPS) is 12.6. The Morgan fingerprint density at radius 3 is 1.80 bits per heavy atom. The summed E-state index contributed by atoms with van der Waals surface area (Å²) in [6, 6.07) is 60.3. The number of ether oxygens (including phenoxy) is 1. The lowest BCUT2D eigenvalue weighted by molar-refractivity contribution is 0.483. The summed E-state index contributed by atoms with van der Waals surface area (Å²) in [7, 11) is 0. The largest absolute Gasteiger partial charge is 0.457 e. The van der Waals surface area contributed by atoms with E-state index < -0.39 is 0 Å². The number of benzene rings is 8. The van der Waals surface area contributed by atoms with E-state index in [4.69, 9.17) is 9.72 Å². The van der Waals surface area contributed by atoms with Crippen molar-refractivity contribution in [3.8, 4) is 50.7 Å². The fraction of sp³-hybridized carbons (Fsp3) is 0.145. The third-order valence-electron chi connectivity index (χ3n) is 13.6. The van der Waals surface area contributed by atoms with E-state index in [9.17, 15) is 8.78 Å². The summed E-state index contributed by atoms with van der Waals surface area (Å²) in [5.41, 5.74) is 15.6. The van der Waals surface area contributed by atoms with Crippen LogP contribution in [0.3, 0.4) is 0 Å². The van der Waals surface area contributed by atoms with Gasteiger partial charge in [0.05, 0.1) is 28.1 Å². The minimum absolute atomic E-state index is 0.0504. The summed E-state index contributed by atoms with van der Waals surface area (Å²) in [5, 5.41) is 2.27. The number of nitrogens with zero attached hydrogens (tertiary/aromatic N) is 4. The Kier molecular flexibility index (Phi) is 11.1. The highest BCUT2D eigenvalue weighted by Crippen LogP contribution is 2.51. The summed E-state index contributed by atoms with van der Waals surface area (Å²) in [6.45, 7) is 11.6. The van der Waals surface area contributed by atoms with Crippen LogP contribution in [0.15, 0.2) is 188 Å². The zero-order valence-electron chi connectivity index (χ0n) is 39.5. The molecule has 3 heterocycles. The first-order chi connectivity index (χ1) is 33.6. The third kappa shape index (κ3) is 7.97. The van der Waals surface area contributed by atoms with Gasteiger partial charge in [0.2, 0.25) is 0 Å². The molecule has 11 rings (SSSR count). The van der Waals surface area contributed by atoms with Gasteiger partial charge in [-0.15, -0.1) is 0 Å². The number of hydrogen-bond donors (Lipinski definition) is 0. The third-order valence-corrected chi connectivity index (χ3v) is 13.6. The molecule has 1 aliphatic heterocycles. The van der Waals surface area contributed by atoms with Gasteiger partial charge in [0.1, 0.15) is 35.6 Å². The number of aryl methyl sites for hydroxylation is 2. The molecule has 0 saturated carbocycles. The van der Waals surface area contributed by atoms with E-state index in [0.717, 1.165) is 91.0 Å². The van der Waals surface area contributed by atoms with Crippen LogP contribution < -0.4 is 14.5 Å². The zero-order valence-corrected chi connectivity index (χ0v) is 39.5. The van der Waals surface area contributed by atoms with Crippen LogP contribution in [0.2, 0.25) is 0 Å². The van der Waals surface area contributed by atoms with Crippen molar-refractivity contribution in [2.24, 2.45) is 0 Å². The highest BCUT2D eigenvalue weighted by molar-refractivity contribution is 6.09. The number of halogens is 2. The molecule has 0 spiro atoms.